The highest BCUT2D eigenvalue weighted by Gasteiger charge is 2.33. The van der Waals surface area contributed by atoms with E-state index < -0.39 is 54.0 Å². The van der Waals surface area contributed by atoms with Crippen LogP contribution >= 0.6 is 0 Å². The zero-order valence-corrected chi connectivity index (χ0v) is 23.8. The number of fused-ring (bicyclic) bond motifs is 1. The number of aromatic nitrogens is 1. The molecular formula is C30H39N5O7. The van der Waals surface area contributed by atoms with Crippen molar-refractivity contribution in [3.63, 3.8) is 0 Å². The van der Waals surface area contributed by atoms with Gasteiger partial charge in [-0.05, 0) is 42.2 Å². The lowest BCUT2D eigenvalue weighted by Crippen LogP contribution is -2.60. The number of carboxylic acids is 1. The summed E-state index contributed by atoms with van der Waals surface area (Å²) in [6, 6.07) is 8.34. The predicted octanol–water partition coefficient (Wildman–Crippen LogP) is 0.952. The van der Waals surface area contributed by atoms with Crippen LogP contribution in [0.3, 0.4) is 0 Å². The SMILES string of the molecule is CCC(C)C(N)C(=O)NC(C(=O)NC(Cc1c[nH]c2ccccc12)C(=O)NC(Cc1ccc(O)cc1)C(=O)O)C(C)O. The van der Waals surface area contributed by atoms with E-state index >= 15 is 0 Å². The van der Waals surface area contributed by atoms with Gasteiger partial charge < -0.3 is 42.0 Å². The Morgan fingerprint density at radius 3 is 2.14 bits per heavy atom. The molecule has 0 saturated carbocycles. The van der Waals surface area contributed by atoms with Crippen molar-refractivity contribution in [2.24, 2.45) is 11.7 Å². The van der Waals surface area contributed by atoms with Crippen molar-refractivity contribution in [2.75, 3.05) is 0 Å². The van der Waals surface area contributed by atoms with Crippen LogP contribution in [0.1, 0.15) is 38.3 Å². The maximum Gasteiger partial charge on any atom is 0.326 e. The van der Waals surface area contributed by atoms with Gasteiger partial charge in [0.25, 0.3) is 0 Å². The zero-order valence-electron chi connectivity index (χ0n) is 23.8. The number of hydrogen-bond acceptors (Lipinski definition) is 7. The smallest absolute Gasteiger partial charge is 0.326 e. The van der Waals surface area contributed by atoms with Crippen LogP contribution in [0.4, 0.5) is 0 Å². The van der Waals surface area contributed by atoms with Crippen molar-refractivity contribution in [3.05, 3.63) is 65.9 Å². The van der Waals surface area contributed by atoms with Gasteiger partial charge in [0.15, 0.2) is 0 Å². The molecule has 0 fully saturated rings. The average molecular weight is 582 g/mol. The molecule has 3 rings (SSSR count). The van der Waals surface area contributed by atoms with Crippen LogP contribution in [0.2, 0.25) is 0 Å². The number of aliphatic carboxylic acids is 1. The number of aliphatic hydroxyl groups is 1. The number of hydrogen-bond donors (Lipinski definition) is 8. The number of carboxylic acid groups (broad SMARTS) is 1. The Morgan fingerprint density at radius 2 is 1.52 bits per heavy atom. The molecule has 6 unspecified atom stereocenters. The molecule has 0 saturated heterocycles. The maximum atomic E-state index is 13.5. The lowest BCUT2D eigenvalue weighted by Gasteiger charge is -2.27. The second-order valence-electron chi connectivity index (χ2n) is 10.5. The van der Waals surface area contributed by atoms with Gasteiger partial charge in [0.2, 0.25) is 17.7 Å². The van der Waals surface area contributed by atoms with E-state index in [1.807, 2.05) is 31.2 Å². The highest BCUT2D eigenvalue weighted by Crippen LogP contribution is 2.20. The first-order chi connectivity index (χ1) is 19.9. The van der Waals surface area contributed by atoms with Crippen molar-refractivity contribution < 1.29 is 34.5 Å². The number of nitrogens with one attached hydrogen (secondary N) is 4. The van der Waals surface area contributed by atoms with E-state index in [-0.39, 0.29) is 24.5 Å². The molecule has 1 heterocycles. The molecule has 0 bridgehead atoms. The Hall–Kier alpha value is -4.42. The van der Waals surface area contributed by atoms with Crippen LogP contribution in [-0.4, -0.2) is 74.3 Å². The number of amides is 3. The normalized spacial score (nSPS) is 15.5. The first kappa shape index (κ1) is 32.1. The van der Waals surface area contributed by atoms with E-state index in [4.69, 9.17) is 5.73 Å². The third kappa shape index (κ3) is 8.30. The molecule has 0 radical (unpaired) electrons. The van der Waals surface area contributed by atoms with Crippen molar-refractivity contribution in [1.29, 1.82) is 0 Å². The summed E-state index contributed by atoms with van der Waals surface area (Å²) in [4.78, 5) is 54.8. The van der Waals surface area contributed by atoms with Gasteiger partial charge in [-0.25, -0.2) is 4.79 Å². The van der Waals surface area contributed by atoms with Crippen LogP contribution in [0.25, 0.3) is 10.9 Å². The maximum absolute atomic E-state index is 13.5. The highest BCUT2D eigenvalue weighted by atomic mass is 16.4. The summed E-state index contributed by atoms with van der Waals surface area (Å²) in [7, 11) is 0. The fourth-order valence-corrected chi connectivity index (χ4v) is 4.50. The van der Waals surface area contributed by atoms with Crippen molar-refractivity contribution in [2.45, 2.75) is 70.3 Å². The second kappa shape index (κ2) is 14.5. The molecular weight excluding hydrogens is 542 g/mol. The Morgan fingerprint density at radius 1 is 0.881 bits per heavy atom. The summed E-state index contributed by atoms with van der Waals surface area (Å²) in [5.74, 6) is -3.68. The summed E-state index contributed by atoms with van der Waals surface area (Å²) in [6.45, 7) is 4.99. The number of aliphatic hydroxyl groups excluding tert-OH is 1. The molecule has 226 valence electrons. The molecule has 12 nitrogen and oxygen atoms in total. The number of carbonyl (C=O) groups is 4. The summed E-state index contributed by atoms with van der Waals surface area (Å²) in [5, 5.41) is 38.1. The molecule has 12 heteroatoms. The van der Waals surface area contributed by atoms with Crippen LogP contribution in [0.5, 0.6) is 5.75 Å². The van der Waals surface area contributed by atoms with E-state index in [9.17, 15) is 34.5 Å². The van der Waals surface area contributed by atoms with Crippen molar-refractivity contribution in [1.82, 2.24) is 20.9 Å². The van der Waals surface area contributed by atoms with Crippen LogP contribution in [0, 0.1) is 5.92 Å². The van der Waals surface area contributed by atoms with Gasteiger partial charge in [-0.15, -0.1) is 0 Å². The van der Waals surface area contributed by atoms with E-state index in [1.54, 1.807) is 25.3 Å². The van der Waals surface area contributed by atoms with E-state index in [2.05, 4.69) is 20.9 Å². The highest BCUT2D eigenvalue weighted by molar-refractivity contribution is 5.95. The summed E-state index contributed by atoms with van der Waals surface area (Å²) in [5.41, 5.74) is 8.06. The third-order valence-corrected chi connectivity index (χ3v) is 7.35. The van der Waals surface area contributed by atoms with E-state index in [0.717, 1.165) is 10.9 Å². The fraction of sp³-hybridized carbons (Fsp3) is 0.400. The monoisotopic (exact) mass is 581 g/mol. The van der Waals surface area contributed by atoms with E-state index in [1.165, 1.54) is 19.1 Å². The molecule has 3 amide bonds. The van der Waals surface area contributed by atoms with Crippen LogP contribution < -0.4 is 21.7 Å². The molecule has 6 atom stereocenters. The molecule has 1 aromatic heterocycles. The van der Waals surface area contributed by atoms with Crippen molar-refractivity contribution in [3.8, 4) is 5.75 Å². The second-order valence-corrected chi connectivity index (χ2v) is 10.5. The topological polar surface area (TPSA) is 207 Å². The third-order valence-electron chi connectivity index (χ3n) is 7.35. The number of benzene rings is 2. The number of phenols is 1. The molecule has 0 aliphatic heterocycles. The molecule has 42 heavy (non-hydrogen) atoms. The number of para-hydroxylation sites is 1. The summed E-state index contributed by atoms with van der Waals surface area (Å²) >= 11 is 0. The Labute approximate surface area is 243 Å². The van der Waals surface area contributed by atoms with E-state index in [0.29, 0.717) is 17.5 Å². The van der Waals surface area contributed by atoms with Gasteiger partial charge in [-0.2, -0.15) is 0 Å². The number of carbonyl (C=O) groups excluding carboxylic acids is 3. The zero-order chi connectivity index (χ0) is 31.0. The van der Waals surface area contributed by atoms with Gasteiger partial charge in [0.05, 0.1) is 12.1 Å². The van der Waals surface area contributed by atoms with Gasteiger partial charge in [-0.1, -0.05) is 50.6 Å². The largest absolute Gasteiger partial charge is 0.508 e. The number of phenolic OH excluding ortho intramolecular Hbond substituents is 1. The Balaban J connectivity index is 1.86. The summed E-state index contributed by atoms with van der Waals surface area (Å²) < 4.78 is 0. The first-order valence-corrected chi connectivity index (χ1v) is 13.8. The molecule has 9 N–H and O–H groups in total. The quantitative estimate of drug-likeness (QED) is 0.137. The number of nitrogens with two attached hydrogens (primary N) is 1. The number of aromatic hydroxyl groups is 1. The number of rotatable bonds is 14. The first-order valence-electron chi connectivity index (χ1n) is 13.8. The molecule has 0 spiro atoms. The minimum Gasteiger partial charge on any atom is -0.508 e. The van der Waals surface area contributed by atoms with Crippen molar-refractivity contribution >= 4 is 34.6 Å². The predicted molar refractivity (Wildman–Crippen MR) is 156 cm³/mol. The summed E-state index contributed by atoms with van der Waals surface area (Å²) in [6.07, 6.45) is 0.911. The van der Waals surface area contributed by atoms with Gasteiger partial charge >= 0.3 is 5.97 Å². The molecule has 0 aliphatic carbocycles. The molecule has 0 aliphatic rings. The lowest BCUT2D eigenvalue weighted by atomic mass is 9.98. The van der Waals surface area contributed by atoms with Gasteiger partial charge in [-0.3, -0.25) is 14.4 Å². The standard InChI is InChI=1S/C30H39N5O7/c1-4-16(2)25(31)28(39)35-26(17(3)36)29(40)33-23(14-19-15-32-22-8-6-5-7-21(19)22)27(38)34-24(30(41)42)13-18-9-11-20(37)12-10-18/h5-12,15-17,23-26,32,36-37H,4,13-14,31H2,1-3H3,(H,33,40)(H,34,38)(H,35,39)(H,41,42). The lowest BCUT2D eigenvalue weighted by molar-refractivity contribution is -0.142. The average Bonchev–Trinajstić information content (AvgIpc) is 3.37. The Bertz CT molecular complexity index is 1390. The number of H-pyrrole nitrogens is 1. The molecule has 3 aromatic rings. The van der Waals surface area contributed by atoms with Crippen LogP contribution in [0.15, 0.2) is 54.7 Å². The number of aromatic amines is 1. The van der Waals surface area contributed by atoms with Gasteiger partial charge in [0, 0.05) is 29.9 Å². The Kier molecular flexibility index (Phi) is 11.1. The van der Waals surface area contributed by atoms with Gasteiger partial charge in [0.1, 0.15) is 23.9 Å². The minimum absolute atomic E-state index is 0.0139. The molecule has 2 aromatic carbocycles. The minimum atomic E-state index is -1.42. The fourth-order valence-electron chi connectivity index (χ4n) is 4.50. The van der Waals surface area contributed by atoms with Crippen LogP contribution in [-0.2, 0) is 32.0 Å².